The molecule has 0 aromatic heterocycles. The predicted octanol–water partition coefficient (Wildman–Crippen LogP) is 4.34. The number of anilines is 1. The lowest BCUT2D eigenvalue weighted by molar-refractivity contribution is 0.207. The lowest BCUT2D eigenvalue weighted by Gasteiger charge is -2.18. The number of carbonyl (C=O) groups excluding carboxylic acids is 1. The second-order valence-electron chi connectivity index (χ2n) is 6.20. The molecule has 2 aromatic carbocycles. The van der Waals surface area contributed by atoms with Crippen molar-refractivity contribution in [1.82, 2.24) is 4.90 Å². The quantitative estimate of drug-likeness (QED) is 0.881. The molecule has 1 saturated heterocycles. The Labute approximate surface area is 152 Å². The number of likely N-dealkylation sites (N-methyl/N-ethyl adjacent to an activating group) is 1. The number of hydrogen-bond acceptors (Lipinski definition) is 4. The molecule has 1 heterocycles. The van der Waals surface area contributed by atoms with Crippen LogP contribution in [0.2, 0.25) is 5.02 Å². The minimum atomic E-state index is -0.572. The van der Waals surface area contributed by atoms with Crippen molar-refractivity contribution in [1.29, 1.82) is 0 Å². The van der Waals surface area contributed by atoms with Gasteiger partial charge in [0.15, 0.2) is 0 Å². The van der Waals surface area contributed by atoms with Crippen molar-refractivity contribution < 1.29 is 14.3 Å². The van der Waals surface area contributed by atoms with Crippen LogP contribution in [0, 0.1) is 6.92 Å². The number of carbonyl (C=O) groups is 1. The van der Waals surface area contributed by atoms with Crippen LogP contribution >= 0.6 is 11.6 Å². The zero-order chi connectivity index (χ0) is 17.8. The van der Waals surface area contributed by atoms with Crippen molar-refractivity contribution in [2.45, 2.75) is 19.4 Å². The smallest absolute Gasteiger partial charge is 0.417 e. The molecule has 1 unspecified atom stereocenters. The highest BCUT2D eigenvalue weighted by atomic mass is 35.5. The van der Waals surface area contributed by atoms with E-state index >= 15 is 0 Å². The second kappa shape index (κ2) is 7.76. The highest BCUT2D eigenvalue weighted by Gasteiger charge is 2.22. The standard InChI is InChI=1S/C19H21ClN2O3/c1-13-17(20)10-14(11-18(13)24-16-8-9-22(2)12-16)21-19(23)25-15-6-4-3-5-7-15/h3-7,10-11,16H,8-9,12H2,1-2H3,(H,21,23). The number of nitrogens with zero attached hydrogens (tertiary/aromatic N) is 1. The fourth-order valence-electron chi connectivity index (χ4n) is 2.76. The Morgan fingerprint density at radius 2 is 2.04 bits per heavy atom. The number of likely N-dealkylation sites (tertiary alicyclic amines) is 1. The molecule has 0 spiro atoms. The SMILES string of the molecule is Cc1c(Cl)cc(NC(=O)Oc2ccccc2)cc1OC1CCN(C)C1. The summed E-state index contributed by atoms with van der Waals surface area (Å²) in [6, 6.07) is 12.4. The first-order valence-electron chi connectivity index (χ1n) is 8.20. The summed E-state index contributed by atoms with van der Waals surface area (Å²) in [5.74, 6) is 1.16. The normalized spacial score (nSPS) is 17.3. The van der Waals surface area contributed by atoms with E-state index in [9.17, 15) is 4.79 Å². The van der Waals surface area contributed by atoms with Crippen molar-refractivity contribution >= 4 is 23.4 Å². The lowest BCUT2D eigenvalue weighted by atomic mass is 10.2. The third kappa shape index (κ3) is 4.65. The summed E-state index contributed by atoms with van der Waals surface area (Å²) in [6.07, 6.45) is 0.533. The largest absolute Gasteiger partial charge is 0.489 e. The molecule has 0 saturated carbocycles. The number of benzene rings is 2. The molecule has 0 bridgehead atoms. The predicted molar refractivity (Wildman–Crippen MR) is 98.8 cm³/mol. The second-order valence-corrected chi connectivity index (χ2v) is 6.61. The van der Waals surface area contributed by atoms with Gasteiger partial charge in [-0.2, -0.15) is 0 Å². The average Bonchev–Trinajstić information content (AvgIpc) is 2.98. The van der Waals surface area contributed by atoms with E-state index in [-0.39, 0.29) is 6.10 Å². The van der Waals surface area contributed by atoms with Crippen molar-refractivity contribution in [2.75, 3.05) is 25.5 Å². The molecular weight excluding hydrogens is 340 g/mol. The minimum Gasteiger partial charge on any atom is -0.489 e. The Hall–Kier alpha value is -2.24. The molecule has 3 rings (SSSR count). The number of nitrogens with one attached hydrogen (secondary N) is 1. The summed E-state index contributed by atoms with van der Waals surface area (Å²) in [6.45, 7) is 3.80. The summed E-state index contributed by atoms with van der Waals surface area (Å²) in [4.78, 5) is 14.3. The maximum absolute atomic E-state index is 12.1. The van der Waals surface area contributed by atoms with Gasteiger partial charge in [0, 0.05) is 35.4 Å². The van der Waals surface area contributed by atoms with Gasteiger partial charge in [-0.05, 0) is 38.6 Å². The fourth-order valence-corrected chi connectivity index (χ4v) is 2.97. The van der Waals surface area contributed by atoms with Crippen LogP contribution in [0.25, 0.3) is 0 Å². The summed E-state index contributed by atoms with van der Waals surface area (Å²) in [5.41, 5.74) is 1.40. The molecule has 1 atom stereocenters. The number of hydrogen-bond donors (Lipinski definition) is 1. The molecule has 1 aliphatic rings. The first-order valence-corrected chi connectivity index (χ1v) is 8.58. The number of amides is 1. The molecule has 5 nitrogen and oxygen atoms in total. The highest BCUT2D eigenvalue weighted by molar-refractivity contribution is 6.31. The third-order valence-electron chi connectivity index (χ3n) is 4.14. The van der Waals surface area contributed by atoms with E-state index in [2.05, 4.69) is 17.3 Å². The van der Waals surface area contributed by atoms with E-state index in [1.807, 2.05) is 13.0 Å². The Morgan fingerprint density at radius 3 is 2.72 bits per heavy atom. The first-order chi connectivity index (χ1) is 12.0. The molecule has 25 heavy (non-hydrogen) atoms. The van der Waals surface area contributed by atoms with E-state index in [1.165, 1.54) is 0 Å². The van der Waals surface area contributed by atoms with Crippen LogP contribution in [-0.4, -0.2) is 37.2 Å². The van der Waals surface area contributed by atoms with Gasteiger partial charge in [-0.3, -0.25) is 5.32 Å². The molecule has 1 fully saturated rings. The minimum absolute atomic E-state index is 0.131. The van der Waals surface area contributed by atoms with Gasteiger partial charge in [-0.1, -0.05) is 29.8 Å². The van der Waals surface area contributed by atoms with Gasteiger partial charge in [-0.15, -0.1) is 0 Å². The van der Waals surface area contributed by atoms with Crippen LogP contribution in [0.15, 0.2) is 42.5 Å². The first kappa shape index (κ1) is 17.6. The van der Waals surface area contributed by atoms with E-state index in [4.69, 9.17) is 21.1 Å². The Bertz CT molecular complexity index is 752. The number of halogens is 1. The zero-order valence-electron chi connectivity index (χ0n) is 14.3. The summed E-state index contributed by atoms with van der Waals surface area (Å²) < 4.78 is 11.3. The van der Waals surface area contributed by atoms with Crippen LogP contribution in [0.1, 0.15) is 12.0 Å². The van der Waals surface area contributed by atoms with Crippen molar-refractivity contribution in [3.05, 3.63) is 53.1 Å². The molecule has 132 valence electrons. The average molecular weight is 361 g/mol. The monoisotopic (exact) mass is 360 g/mol. The van der Waals surface area contributed by atoms with E-state index in [1.54, 1.807) is 36.4 Å². The molecule has 0 radical (unpaired) electrons. The summed E-state index contributed by atoms with van der Waals surface area (Å²) in [7, 11) is 2.07. The topological polar surface area (TPSA) is 50.8 Å². The number of para-hydroxylation sites is 1. The van der Waals surface area contributed by atoms with Gasteiger partial charge < -0.3 is 14.4 Å². The Kier molecular flexibility index (Phi) is 5.46. The van der Waals surface area contributed by atoms with Crippen LogP contribution in [0.4, 0.5) is 10.5 Å². The molecular formula is C19H21ClN2O3. The van der Waals surface area contributed by atoms with Crippen molar-refractivity contribution in [3.8, 4) is 11.5 Å². The van der Waals surface area contributed by atoms with E-state index in [0.717, 1.165) is 25.1 Å². The molecule has 1 aliphatic heterocycles. The molecule has 1 N–H and O–H groups in total. The van der Waals surface area contributed by atoms with Crippen LogP contribution in [-0.2, 0) is 0 Å². The summed E-state index contributed by atoms with van der Waals surface area (Å²) in [5, 5.41) is 3.24. The fraction of sp³-hybridized carbons (Fsp3) is 0.316. The van der Waals surface area contributed by atoms with Crippen LogP contribution in [0.5, 0.6) is 11.5 Å². The van der Waals surface area contributed by atoms with Crippen LogP contribution < -0.4 is 14.8 Å². The van der Waals surface area contributed by atoms with Gasteiger partial charge in [0.1, 0.15) is 17.6 Å². The number of ether oxygens (including phenoxy) is 2. The Balaban J connectivity index is 1.70. The van der Waals surface area contributed by atoms with Gasteiger partial charge in [0.25, 0.3) is 0 Å². The summed E-state index contributed by atoms with van der Waals surface area (Å²) >= 11 is 6.29. The maximum atomic E-state index is 12.1. The maximum Gasteiger partial charge on any atom is 0.417 e. The Morgan fingerprint density at radius 1 is 1.28 bits per heavy atom. The number of rotatable bonds is 4. The van der Waals surface area contributed by atoms with E-state index < -0.39 is 6.09 Å². The lowest BCUT2D eigenvalue weighted by Crippen LogP contribution is -2.22. The van der Waals surface area contributed by atoms with E-state index in [0.29, 0.717) is 22.2 Å². The molecule has 0 aliphatic carbocycles. The highest BCUT2D eigenvalue weighted by Crippen LogP contribution is 2.32. The van der Waals surface area contributed by atoms with Crippen molar-refractivity contribution in [3.63, 3.8) is 0 Å². The molecule has 2 aromatic rings. The van der Waals surface area contributed by atoms with Gasteiger partial charge in [0.2, 0.25) is 0 Å². The third-order valence-corrected chi connectivity index (χ3v) is 4.53. The van der Waals surface area contributed by atoms with Gasteiger partial charge in [0.05, 0.1) is 0 Å². The molecule has 1 amide bonds. The van der Waals surface area contributed by atoms with Crippen LogP contribution in [0.3, 0.4) is 0 Å². The van der Waals surface area contributed by atoms with Crippen molar-refractivity contribution in [2.24, 2.45) is 0 Å². The molecule has 6 heteroatoms. The van der Waals surface area contributed by atoms with Gasteiger partial charge in [-0.25, -0.2) is 4.79 Å². The zero-order valence-corrected chi connectivity index (χ0v) is 15.0. The van der Waals surface area contributed by atoms with Gasteiger partial charge >= 0.3 is 6.09 Å².